The summed E-state index contributed by atoms with van der Waals surface area (Å²) >= 11 is 0. The second-order valence-corrected chi connectivity index (χ2v) is 14.3. The number of phenolic OH excluding ortho intramolecular Hbond substituents is 1. The zero-order valence-corrected chi connectivity index (χ0v) is 30.1. The van der Waals surface area contributed by atoms with E-state index >= 15 is 0 Å². The number of benzene rings is 1. The summed E-state index contributed by atoms with van der Waals surface area (Å²) in [5.74, 6) is -11.1. The number of fused-ring (bicyclic) bond motifs is 3. The van der Waals surface area contributed by atoms with Crippen LogP contribution in [0.15, 0.2) is 35.1 Å². The van der Waals surface area contributed by atoms with Gasteiger partial charge in [0.15, 0.2) is 17.7 Å². The summed E-state index contributed by atoms with van der Waals surface area (Å²) in [5.41, 5.74) is 1.47. The lowest BCUT2D eigenvalue weighted by Crippen LogP contribution is -2.70. The van der Waals surface area contributed by atoms with E-state index in [9.17, 15) is 70.6 Å². The van der Waals surface area contributed by atoms with Crippen molar-refractivity contribution < 1.29 is 100 Å². The normalized spacial score (nSPS) is 40.6. The van der Waals surface area contributed by atoms with Crippen molar-refractivity contribution in [1.29, 1.82) is 0 Å². The number of nitrogens with zero attached hydrogens (tertiary/aromatic N) is 1. The highest BCUT2D eigenvalue weighted by atomic mass is 16.8. The van der Waals surface area contributed by atoms with E-state index in [0.29, 0.717) is 5.56 Å². The van der Waals surface area contributed by atoms with Crippen LogP contribution in [-0.2, 0) is 28.6 Å². The largest absolute Gasteiger partial charge is 0.508 e. The SMILES string of the molecule is C[C@H]1c2cccc(O)c2C(O)=C2C(=O)[C@]3(O)C(O)=C(C(N)=O)C(=O)[C@@H](N(C)C)[C@@H]3[C@@H](O)[C@@H]21.O.OC[C@H]1O[C@@](CO)(O[C@H]2O[C@H](CO)[C@@H](O)[C@H](O)[C@H]2O)[C@@H](O)[C@@H]1O. The molecule has 22 heteroatoms. The Balaban J connectivity index is 0.000000258. The van der Waals surface area contributed by atoms with Crippen LogP contribution < -0.4 is 5.73 Å². The van der Waals surface area contributed by atoms with E-state index in [2.05, 4.69) is 0 Å². The molecule has 5 aliphatic rings. The Morgan fingerprint density at radius 3 is 2.04 bits per heavy atom. The van der Waals surface area contributed by atoms with E-state index in [1.54, 1.807) is 19.1 Å². The molecule has 1 amide bonds. The third-order valence-electron chi connectivity index (χ3n) is 11.1. The number of hydrogen-bond donors (Lipinski definition) is 14. The number of primary amides is 1. The molecule has 0 aromatic heterocycles. The molecule has 15 atom stereocenters. The van der Waals surface area contributed by atoms with E-state index < -0.39 is 150 Å². The Labute approximate surface area is 317 Å². The lowest BCUT2D eigenvalue weighted by Gasteiger charge is -2.53. The number of hydrogen-bond acceptors (Lipinski definition) is 20. The van der Waals surface area contributed by atoms with Gasteiger partial charge in [0, 0.05) is 11.5 Å². The van der Waals surface area contributed by atoms with Crippen LogP contribution in [0.1, 0.15) is 24.0 Å². The highest BCUT2D eigenvalue weighted by Gasteiger charge is 2.68. The highest BCUT2D eigenvalue weighted by molar-refractivity contribution is 6.24. The molecule has 56 heavy (non-hydrogen) atoms. The smallest absolute Gasteiger partial charge is 0.255 e. The van der Waals surface area contributed by atoms with Crippen molar-refractivity contribution in [2.75, 3.05) is 33.9 Å². The molecule has 1 saturated carbocycles. The van der Waals surface area contributed by atoms with Crippen LogP contribution in [0.25, 0.3) is 5.76 Å². The van der Waals surface area contributed by atoms with Gasteiger partial charge < -0.3 is 91.8 Å². The van der Waals surface area contributed by atoms with E-state index in [0.717, 1.165) is 0 Å². The van der Waals surface area contributed by atoms with Crippen molar-refractivity contribution in [3.8, 4) is 5.75 Å². The van der Waals surface area contributed by atoms with Crippen LogP contribution in [0.2, 0.25) is 0 Å². The predicted octanol–water partition coefficient (Wildman–Crippen LogP) is -6.72. The van der Waals surface area contributed by atoms with Crippen molar-refractivity contribution >= 4 is 23.2 Å². The monoisotopic (exact) mass is 804 g/mol. The molecule has 1 aromatic carbocycles. The maximum absolute atomic E-state index is 13.7. The number of aliphatic hydroxyl groups excluding tert-OH is 11. The summed E-state index contributed by atoms with van der Waals surface area (Å²) in [7, 11) is 2.92. The van der Waals surface area contributed by atoms with Crippen molar-refractivity contribution in [3.05, 3.63) is 46.2 Å². The molecule has 3 aliphatic carbocycles. The number of Topliss-reactive ketones (excluding diaryl/α,β-unsaturated/α-hetero) is 2. The predicted molar refractivity (Wildman–Crippen MR) is 183 cm³/mol. The fraction of sp³-hybridized carbons (Fsp3) is 0.618. The molecule has 0 unspecified atom stereocenters. The Morgan fingerprint density at radius 2 is 1.52 bits per heavy atom. The van der Waals surface area contributed by atoms with E-state index in [1.165, 1.54) is 25.1 Å². The summed E-state index contributed by atoms with van der Waals surface area (Å²) in [6.45, 7) is -0.646. The average Bonchev–Trinajstić information content (AvgIpc) is 3.38. The standard InChI is InChI=1S/C22H24N2O8.C12H22O11.H2O/c1-7-8-5-4-6-9(25)11(8)16(26)12-10(7)17(27)14-15(24(2)3)18(28)13(21(23)31)20(30)22(14,32)19(12)29;13-1-4-6(16)8(18)9(19)11(21-4)23-12(3-15)10(20)7(17)5(2-14)22-12;/h4-7,10,14-15,17,25-27,30,32H,1-3H3,(H2,23,31);4-11,13-20H,1-3H2;1H2/t7-,10+,14+,15-,17-,22-;4-,5-,6-,7-,8+,9-,10+,11-,12+;/m01./s1. The molecular weight excluding hydrogens is 756 g/mol. The molecule has 1 aromatic rings. The van der Waals surface area contributed by atoms with Crippen LogP contribution in [0.5, 0.6) is 5.75 Å². The minimum absolute atomic E-state index is 0. The van der Waals surface area contributed by atoms with Crippen LogP contribution in [-0.4, -0.2) is 201 Å². The van der Waals surface area contributed by atoms with E-state index in [1.807, 2.05) is 0 Å². The summed E-state index contributed by atoms with van der Waals surface area (Å²) in [5, 5.41) is 132. The third-order valence-corrected chi connectivity index (χ3v) is 11.1. The quantitative estimate of drug-likeness (QED) is 0.114. The van der Waals surface area contributed by atoms with E-state index in [-0.39, 0.29) is 16.8 Å². The van der Waals surface area contributed by atoms with Gasteiger partial charge in [-0.25, -0.2) is 0 Å². The van der Waals surface area contributed by atoms with Gasteiger partial charge >= 0.3 is 0 Å². The number of rotatable bonds is 7. The fourth-order valence-corrected chi connectivity index (χ4v) is 8.21. The average molecular weight is 805 g/mol. The molecule has 17 N–H and O–H groups in total. The van der Waals surface area contributed by atoms with Crippen molar-refractivity contribution in [1.82, 2.24) is 4.90 Å². The van der Waals surface area contributed by atoms with Gasteiger partial charge in [-0.3, -0.25) is 19.3 Å². The summed E-state index contributed by atoms with van der Waals surface area (Å²) < 4.78 is 15.4. The zero-order chi connectivity index (χ0) is 41.2. The molecule has 314 valence electrons. The van der Waals surface area contributed by atoms with Gasteiger partial charge in [-0.1, -0.05) is 19.1 Å². The second-order valence-electron chi connectivity index (χ2n) is 14.3. The lowest BCUT2D eigenvalue weighted by atomic mass is 9.54. The maximum Gasteiger partial charge on any atom is 0.255 e. The van der Waals surface area contributed by atoms with Crippen molar-refractivity contribution in [2.45, 2.75) is 85.4 Å². The van der Waals surface area contributed by atoms with Gasteiger partial charge in [-0.05, 0) is 31.6 Å². The number of carbonyl (C=O) groups excluding carboxylic acids is 3. The Bertz CT molecular complexity index is 1750. The molecule has 2 saturated heterocycles. The first-order valence-corrected chi connectivity index (χ1v) is 17.1. The van der Waals surface area contributed by atoms with Crippen LogP contribution in [0, 0.1) is 11.8 Å². The molecule has 2 aliphatic heterocycles. The lowest BCUT2D eigenvalue weighted by molar-refractivity contribution is -0.383. The Kier molecular flexibility index (Phi) is 13.1. The second kappa shape index (κ2) is 16.3. The molecule has 22 nitrogen and oxygen atoms in total. The van der Waals surface area contributed by atoms with Gasteiger partial charge in [0.2, 0.25) is 11.6 Å². The number of amides is 1. The third kappa shape index (κ3) is 6.68. The zero-order valence-electron chi connectivity index (χ0n) is 30.1. The Hall–Kier alpha value is -3.69. The molecule has 3 fully saturated rings. The van der Waals surface area contributed by atoms with Gasteiger partial charge in [0.1, 0.15) is 72.2 Å². The van der Waals surface area contributed by atoms with Gasteiger partial charge in [-0.2, -0.15) is 0 Å². The van der Waals surface area contributed by atoms with Crippen LogP contribution in [0.3, 0.4) is 0 Å². The first kappa shape index (κ1) is 45.0. The summed E-state index contributed by atoms with van der Waals surface area (Å²) in [4.78, 5) is 40.0. The number of aliphatic hydroxyl groups is 12. The number of likely N-dealkylation sites (N-methyl/N-ethyl adjacent to an activating group) is 1. The van der Waals surface area contributed by atoms with Crippen LogP contribution in [0.4, 0.5) is 0 Å². The molecule has 0 radical (unpaired) electrons. The van der Waals surface area contributed by atoms with E-state index in [4.69, 9.17) is 30.2 Å². The van der Waals surface area contributed by atoms with Gasteiger partial charge in [-0.15, -0.1) is 0 Å². The minimum Gasteiger partial charge on any atom is -0.508 e. The number of ketones is 2. The van der Waals surface area contributed by atoms with Crippen LogP contribution >= 0.6 is 0 Å². The number of ether oxygens (including phenoxy) is 3. The Morgan fingerprint density at radius 1 is 0.911 bits per heavy atom. The molecule has 0 spiro atoms. The number of aromatic hydroxyl groups is 1. The number of nitrogens with two attached hydrogens (primary N) is 1. The van der Waals surface area contributed by atoms with Gasteiger partial charge in [0.05, 0.1) is 36.8 Å². The van der Waals surface area contributed by atoms with Gasteiger partial charge in [0.25, 0.3) is 5.91 Å². The molecular formula is C34H48N2O20. The number of carbonyl (C=O) groups is 3. The first-order chi connectivity index (χ1) is 25.7. The fourth-order valence-electron chi connectivity index (χ4n) is 8.21. The summed E-state index contributed by atoms with van der Waals surface area (Å²) in [6, 6.07) is 3.13. The number of phenols is 1. The minimum atomic E-state index is -2.89. The molecule has 0 bridgehead atoms. The summed E-state index contributed by atoms with van der Waals surface area (Å²) in [6.07, 6.45) is -14.2. The van der Waals surface area contributed by atoms with Crippen molar-refractivity contribution in [2.24, 2.45) is 17.6 Å². The topological polar surface area (TPSA) is 403 Å². The highest BCUT2D eigenvalue weighted by Crippen LogP contribution is 2.56. The molecule has 2 heterocycles. The van der Waals surface area contributed by atoms with Crippen molar-refractivity contribution in [3.63, 3.8) is 0 Å². The maximum atomic E-state index is 13.7. The first-order valence-electron chi connectivity index (χ1n) is 17.1. The molecule has 6 rings (SSSR count).